The fourth-order valence-electron chi connectivity index (χ4n) is 1.33. The van der Waals surface area contributed by atoms with Gasteiger partial charge in [0.1, 0.15) is 0 Å². The Morgan fingerprint density at radius 1 is 1.10 bits per heavy atom. The Morgan fingerprint density at radius 3 is 2.00 bits per heavy atom. The molecule has 0 radical (unpaired) electrons. The number of rotatable bonds is 1. The Hall–Kier alpha value is 0.700. The normalized spacial score (nSPS) is 23.1. The van der Waals surface area contributed by atoms with Crippen LogP contribution >= 0.6 is 21.6 Å². The summed E-state index contributed by atoms with van der Waals surface area (Å²) >= 11 is 0. The van der Waals surface area contributed by atoms with Crippen LogP contribution in [0.3, 0.4) is 0 Å². The van der Waals surface area contributed by atoms with Crippen molar-refractivity contribution < 1.29 is 0 Å². The molecule has 10 heavy (non-hydrogen) atoms. The lowest BCUT2D eigenvalue weighted by molar-refractivity contribution is 0.368. The van der Waals surface area contributed by atoms with Crippen LogP contribution in [0.5, 0.6) is 0 Å². The lowest BCUT2D eigenvalue weighted by Gasteiger charge is -2.16. The van der Waals surface area contributed by atoms with E-state index >= 15 is 0 Å². The van der Waals surface area contributed by atoms with Gasteiger partial charge in [-0.25, -0.2) is 0 Å². The van der Waals surface area contributed by atoms with Crippen LogP contribution in [0, 0.1) is 11.8 Å². The van der Waals surface area contributed by atoms with Crippen LogP contribution in [0.15, 0.2) is 0 Å². The van der Waals surface area contributed by atoms with E-state index in [1.54, 1.807) is 0 Å². The minimum Gasteiger partial charge on any atom is -0.0941 e. The first-order valence-corrected chi connectivity index (χ1v) is 6.54. The van der Waals surface area contributed by atoms with Crippen LogP contribution < -0.4 is 0 Å². The molecule has 1 rings (SSSR count). The topological polar surface area (TPSA) is 0 Å². The van der Waals surface area contributed by atoms with Crippen LogP contribution in [0.2, 0.25) is 0 Å². The van der Waals surface area contributed by atoms with E-state index in [-0.39, 0.29) is 0 Å². The van der Waals surface area contributed by atoms with Crippen LogP contribution in [0.1, 0.15) is 26.7 Å². The van der Waals surface area contributed by atoms with Crippen molar-refractivity contribution in [1.82, 2.24) is 0 Å². The van der Waals surface area contributed by atoms with Crippen molar-refractivity contribution in [2.24, 2.45) is 11.8 Å². The molecule has 0 aromatic rings. The first kappa shape index (κ1) is 8.79. The smallest absolute Gasteiger partial charge is 0.00396 e. The summed E-state index contributed by atoms with van der Waals surface area (Å²) in [6.07, 6.45) is 2.88. The molecule has 2 heteroatoms. The zero-order valence-corrected chi connectivity index (χ0v) is 8.43. The molecule has 0 aromatic carbocycles. The molecule has 0 spiro atoms. The Balaban J connectivity index is 2.28. The van der Waals surface area contributed by atoms with Gasteiger partial charge in [0.25, 0.3) is 0 Å². The minimum absolute atomic E-state index is 0.902. The molecular formula is C8H16S2. The molecule has 1 aliphatic rings. The molecule has 0 atom stereocenters. The molecule has 0 N–H and O–H groups in total. The van der Waals surface area contributed by atoms with Gasteiger partial charge in [0.2, 0.25) is 0 Å². The Morgan fingerprint density at radius 2 is 1.60 bits per heavy atom. The average Bonchev–Trinajstić information content (AvgIpc) is 2.12. The van der Waals surface area contributed by atoms with E-state index in [1.165, 1.54) is 24.3 Å². The molecule has 0 saturated carbocycles. The molecule has 0 amide bonds. The molecule has 60 valence electrons. The summed E-state index contributed by atoms with van der Waals surface area (Å²) in [7, 11) is 4.11. The van der Waals surface area contributed by atoms with E-state index in [1.807, 2.05) is 0 Å². The van der Waals surface area contributed by atoms with E-state index in [0.29, 0.717) is 0 Å². The minimum atomic E-state index is 0.902. The van der Waals surface area contributed by atoms with E-state index in [4.69, 9.17) is 0 Å². The van der Waals surface area contributed by atoms with Gasteiger partial charge >= 0.3 is 0 Å². The highest BCUT2D eigenvalue weighted by Crippen LogP contribution is 2.33. The molecule has 1 fully saturated rings. The van der Waals surface area contributed by atoms with Crippen LogP contribution in [0.25, 0.3) is 0 Å². The summed E-state index contributed by atoms with van der Waals surface area (Å²) in [5.74, 6) is 4.64. The maximum absolute atomic E-state index is 2.35. The molecule has 0 nitrogen and oxygen atoms in total. The maximum Gasteiger partial charge on any atom is 0.00396 e. The van der Waals surface area contributed by atoms with Crippen molar-refractivity contribution >= 4 is 21.6 Å². The van der Waals surface area contributed by atoms with Crippen molar-refractivity contribution in [3.8, 4) is 0 Å². The molecule has 0 bridgehead atoms. The monoisotopic (exact) mass is 176 g/mol. The molecule has 0 unspecified atom stereocenters. The van der Waals surface area contributed by atoms with Gasteiger partial charge in [-0.1, -0.05) is 35.4 Å². The van der Waals surface area contributed by atoms with Crippen molar-refractivity contribution in [2.45, 2.75) is 26.7 Å². The summed E-state index contributed by atoms with van der Waals surface area (Å²) in [6, 6.07) is 0. The summed E-state index contributed by atoms with van der Waals surface area (Å²) in [5.41, 5.74) is 0. The van der Waals surface area contributed by atoms with E-state index < -0.39 is 0 Å². The fraction of sp³-hybridized carbons (Fsp3) is 1.00. The highest BCUT2D eigenvalue weighted by Gasteiger charge is 2.15. The first-order valence-electron chi connectivity index (χ1n) is 4.05. The van der Waals surface area contributed by atoms with Gasteiger partial charge in [0.05, 0.1) is 0 Å². The molecular weight excluding hydrogens is 160 g/mol. The highest BCUT2D eigenvalue weighted by atomic mass is 33.1. The second-order valence-corrected chi connectivity index (χ2v) is 5.93. The number of hydrogen-bond donors (Lipinski definition) is 0. The quantitative estimate of drug-likeness (QED) is 0.561. The predicted octanol–water partition coefficient (Wildman–Crippen LogP) is 3.43. The van der Waals surface area contributed by atoms with Crippen molar-refractivity contribution in [1.29, 1.82) is 0 Å². The lowest BCUT2D eigenvalue weighted by atomic mass is 9.91. The number of hydrogen-bond acceptors (Lipinski definition) is 2. The van der Waals surface area contributed by atoms with Gasteiger partial charge in [0.15, 0.2) is 0 Å². The summed E-state index contributed by atoms with van der Waals surface area (Å²) in [5, 5.41) is 0. The molecule has 1 aliphatic heterocycles. The Kier molecular flexibility index (Phi) is 4.00. The summed E-state index contributed by atoms with van der Waals surface area (Å²) < 4.78 is 0. The van der Waals surface area contributed by atoms with Crippen molar-refractivity contribution in [3.05, 3.63) is 0 Å². The van der Waals surface area contributed by atoms with Crippen LogP contribution in [-0.4, -0.2) is 11.5 Å². The zero-order chi connectivity index (χ0) is 7.40. The second-order valence-electron chi connectivity index (χ2n) is 3.23. The van der Waals surface area contributed by atoms with Crippen LogP contribution in [0.4, 0.5) is 0 Å². The molecule has 0 aromatic heterocycles. The van der Waals surface area contributed by atoms with E-state index in [2.05, 4.69) is 35.4 Å². The average molecular weight is 176 g/mol. The maximum atomic E-state index is 2.35. The van der Waals surface area contributed by atoms with E-state index in [9.17, 15) is 0 Å². The molecule has 0 aliphatic carbocycles. The standard InChI is InChI=1S/C8H16S2/c1-7(2)8-3-5-9-10-6-4-8/h7-8H,3-6H2,1-2H3. The van der Waals surface area contributed by atoms with Gasteiger partial charge < -0.3 is 0 Å². The zero-order valence-electron chi connectivity index (χ0n) is 6.80. The summed E-state index contributed by atoms with van der Waals surface area (Å²) in [4.78, 5) is 0. The van der Waals surface area contributed by atoms with Gasteiger partial charge in [-0.3, -0.25) is 0 Å². The largest absolute Gasteiger partial charge is 0.0941 e. The highest BCUT2D eigenvalue weighted by molar-refractivity contribution is 8.76. The fourth-order valence-corrected chi connectivity index (χ4v) is 3.65. The third-order valence-corrected chi connectivity index (χ3v) is 4.64. The predicted molar refractivity (Wildman–Crippen MR) is 52.5 cm³/mol. The first-order chi connectivity index (χ1) is 4.80. The van der Waals surface area contributed by atoms with Crippen molar-refractivity contribution in [2.75, 3.05) is 11.5 Å². The van der Waals surface area contributed by atoms with Crippen molar-refractivity contribution in [3.63, 3.8) is 0 Å². The van der Waals surface area contributed by atoms with Gasteiger partial charge in [-0.2, -0.15) is 0 Å². The van der Waals surface area contributed by atoms with E-state index in [0.717, 1.165) is 11.8 Å². The van der Waals surface area contributed by atoms with Gasteiger partial charge in [-0.15, -0.1) is 0 Å². The Labute approximate surface area is 71.9 Å². The van der Waals surface area contributed by atoms with Crippen LogP contribution in [-0.2, 0) is 0 Å². The van der Waals surface area contributed by atoms with Gasteiger partial charge in [0, 0.05) is 11.5 Å². The molecule has 1 heterocycles. The van der Waals surface area contributed by atoms with Gasteiger partial charge in [-0.05, 0) is 24.7 Å². The Bertz CT molecular complexity index is 83.3. The second kappa shape index (κ2) is 4.55. The SMILES string of the molecule is CC(C)C1CCSSCC1. The third-order valence-electron chi connectivity index (χ3n) is 2.17. The third kappa shape index (κ3) is 2.75. The molecule has 1 saturated heterocycles. The summed E-state index contributed by atoms with van der Waals surface area (Å²) in [6.45, 7) is 4.70. The lowest BCUT2D eigenvalue weighted by Crippen LogP contribution is -2.08.